The van der Waals surface area contributed by atoms with Gasteiger partial charge in [-0.2, -0.15) is 5.10 Å². The van der Waals surface area contributed by atoms with Crippen molar-refractivity contribution in [2.24, 2.45) is 0 Å². The van der Waals surface area contributed by atoms with Crippen LogP contribution in [-0.4, -0.2) is 117 Å². The number of nitrogens with zero attached hydrogens (tertiary/aromatic N) is 7. The Morgan fingerprint density at radius 2 is 1.52 bits per heavy atom. The molecule has 334 valence electrons. The Kier molecular flexibility index (Phi) is 13.1. The van der Waals surface area contributed by atoms with Crippen LogP contribution in [0.15, 0.2) is 67.1 Å². The topological polar surface area (TPSA) is 155 Å². The van der Waals surface area contributed by atoms with Gasteiger partial charge in [0, 0.05) is 74.3 Å². The van der Waals surface area contributed by atoms with Crippen molar-refractivity contribution >= 4 is 40.3 Å². The molecule has 9 rings (SSSR count). The summed E-state index contributed by atoms with van der Waals surface area (Å²) in [6, 6.07) is 12.7. The van der Waals surface area contributed by atoms with Gasteiger partial charge in [0.25, 0.3) is 11.8 Å². The fourth-order valence-corrected chi connectivity index (χ4v) is 9.36. The molecule has 0 radical (unpaired) electrons. The number of carbonyl (C=O) groups excluding carboxylic acids is 4. The normalized spacial score (nSPS) is 18.8. The van der Waals surface area contributed by atoms with Gasteiger partial charge in [-0.3, -0.25) is 44.0 Å². The van der Waals surface area contributed by atoms with Crippen LogP contribution in [0.25, 0.3) is 33.4 Å². The number of likely N-dealkylation sites (tertiary alicyclic amines) is 1. The zero-order valence-corrected chi connectivity index (χ0v) is 35.9. The predicted molar refractivity (Wildman–Crippen MR) is 236 cm³/mol. The van der Waals surface area contributed by atoms with Crippen molar-refractivity contribution in [3.05, 3.63) is 95.4 Å². The van der Waals surface area contributed by atoms with Crippen molar-refractivity contribution in [2.45, 2.75) is 82.8 Å². The van der Waals surface area contributed by atoms with Crippen LogP contribution in [0.5, 0.6) is 0 Å². The number of imide groups is 2. The molecule has 3 fully saturated rings. The van der Waals surface area contributed by atoms with Crippen LogP contribution < -0.4 is 10.6 Å². The molecule has 5 aromatic rings. The van der Waals surface area contributed by atoms with E-state index in [-0.39, 0.29) is 42.1 Å². The molecule has 14 nitrogen and oxygen atoms in total. The Morgan fingerprint density at radius 1 is 0.766 bits per heavy atom. The highest BCUT2D eigenvalue weighted by molar-refractivity contribution is 6.23. The van der Waals surface area contributed by atoms with E-state index in [1.165, 1.54) is 25.0 Å². The van der Waals surface area contributed by atoms with Crippen LogP contribution in [0.2, 0.25) is 0 Å². The lowest BCUT2D eigenvalue weighted by atomic mass is 10.0. The largest absolute Gasteiger partial charge is 0.385 e. The number of hydrogen-bond donors (Lipinski definition) is 2. The lowest BCUT2D eigenvalue weighted by Gasteiger charge is -2.32. The summed E-state index contributed by atoms with van der Waals surface area (Å²) in [5.74, 6) is -3.16. The number of hydrogen-bond acceptors (Lipinski definition) is 11. The fraction of sp³-hybridized carbons (Fsp3) is 0.438. The van der Waals surface area contributed by atoms with Gasteiger partial charge in [-0.15, -0.1) is 0 Å². The molecule has 4 aliphatic heterocycles. The Labute approximate surface area is 370 Å². The van der Waals surface area contributed by atoms with Crippen molar-refractivity contribution in [1.82, 2.24) is 39.8 Å². The molecule has 6 heterocycles. The number of piperidine rings is 2. The minimum absolute atomic E-state index is 0.0619. The van der Waals surface area contributed by atoms with Gasteiger partial charge in [0.1, 0.15) is 17.7 Å². The van der Waals surface area contributed by atoms with Crippen LogP contribution in [-0.2, 0) is 20.9 Å². The number of unbranched alkanes of at least 4 members (excludes halogenated alkanes) is 5. The van der Waals surface area contributed by atoms with Crippen molar-refractivity contribution in [2.75, 3.05) is 57.8 Å². The number of para-hydroxylation sites is 1. The van der Waals surface area contributed by atoms with Crippen molar-refractivity contribution < 1.29 is 32.7 Å². The third-order valence-electron chi connectivity index (χ3n) is 13.0. The molecule has 0 bridgehead atoms. The molecular weight excluding hydrogens is 821 g/mol. The van der Waals surface area contributed by atoms with E-state index in [0.717, 1.165) is 80.9 Å². The SMILES string of the molecule is O=C1CCC(N2C(=O)c3ccc(NCCCCCCCCN4CCC(n5cc(-c6cnc7cccc(-c8cc(F)c(CN9CCOCC9)c(F)c8)c7n6)cn5)CC4)cc3C2=O)C(=O)N1. The average Bonchev–Trinajstić information content (AvgIpc) is 3.89. The number of aromatic nitrogens is 4. The third kappa shape index (κ3) is 9.45. The quantitative estimate of drug-likeness (QED) is 0.0799. The van der Waals surface area contributed by atoms with Crippen LogP contribution in [0.1, 0.15) is 96.5 Å². The van der Waals surface area contributed by atoms with Crippen LogP contribution >= 0.6 is 0 Å². The molecule has 0 aliphatic carbocycles. The van der Waals surface area contributed by atoms with E-state index in [4.69, 9.17) is 14.8 Å². The molecule has 3 saturated heterocycles. The molecule has 4 amide bonds. The second-order valence-electron chi connectivity index (χ2n) is 17.3. The van der Waals surface area contributed by atoms with Gasteiger partial charge in [-0.05, 0) is 80.6 Å². The molecule has 2 aromatic heterocycles. The van der Waals surface area contributed by atoms with Gasteiger partial charge in [0.15, 0.2) is 0 Å². The van der Waals surface area contributed by atoms with Gasteiger partial charge < -0.3 is 15.0 Å². The van der Waals surface area contributed by atoms with E-state index in [1.807, 2.05) is 40.2 Å². The first-order valence-corrected chi connectivity index (χ1v) is 22.6. The first kappa shape index (κ1) is 43.3. The lowest BCUT2D eigenvalue weighted by Crippen LogP contribution is -2.54. The van der Waals surface area contributed by atoms with Gasteiger partial charge in [-0.25, -0.2) is 13.8 Å². The Bertz CT molecular complexity index is 2530. The smallest absolute Gasteiger partial charge is 0.262 e. The van der Waals surface area contributed by atoms with Crippen LogP contribution in [0, 0.1) is 11.6 Å². The molecular formula is C48H53F2N9O5. The number of morpholine rings is 1. The Balaban J connectivity index is 0.692. The van der Waals surface area contributed by atoms with E-state index in [1.54, 1.807) is 24.4 Å². The van der Waals surface area contributed by atoms with E-state index in [0.29, 0.717) is 54.2 Å². The summed E-state index contributed by atoms with van der Waals surface area (Å²) in [6.07, 6.45) is 14.5. The maximum absolute atomic E-state index is 15.4. The predicted octanol–water partition coefficient (Wildman–Crippen LogP) is 6.76. The number of benzene rings is 3. The third-order valence-corrected chi connectivity index (χ3v) is 13.0. The molecule has 1 atom stereocenters. The number of amides is 4. The van der Waals surface area contributed by atoms with E-state index in [2.05, 4.69) is 20.5 Å². The van der Waals surface area contributed by atoms with Crippen molar-refractivity contribution in [3.63, 3.8) is 0 Å². The summed E-state index contributed by atoms with van der Waals surface area (Å²) in [5.41, 5.74) is 5.13. The average molecular weight is 874 g/mol. The second kappa shape index (κ2) is 19.4. The number of rotatable bonds is 16. The highest BCUT2D eigenvalue weighted by Crippen LogP contribution is 2.33. The fourth-order valence-electron chi connectivity index (χ4n) is 9.36. The summed E-state index contributed by atoms with van der Waals surface area (Å²) in [5, 5.41) is 10.3. The van der Waals surface area contributed by atoms with Gasteiger partial charge in [0.05, 0.1) is 59.5 Å². The molecule has 4 aliphatic rings. The molecule has 16 heteroatoms. The summed E-state index contributed by atoms with van der Waals surface area (Å²) in [6.45, 7) is 6.45. The minimum atomic E-state index is -0.971. The summed E-state index contributed by atoms with van der Waals surface area (Å²) in [7, 11) is 0. The van der Waals surface area contributed by atoms with Gasteiger partial charge in [-0.1, -0.05) is 37.8 Å². The first-order valence-electron chi connectivity index (χ1n) is 22.6. The van der Waals surface area contributed by atoms with Gasteiger partial charge in [0.2, 0.25) is 11.8 Å². The summed E-state index contributed by atoms with van der Waals surface area (Å²) in [4.78, 5) is 65.1. The molecule has 0 saturated carbocycles. The highest BCUT2D eigenvalue weighted by atomic mass is 19.1. The van der Waals surface area contributed by atoms with E-state index < -0.39 is 41.3 Å². The Hall–Kier alpha value is -5.97. The summed E-state index contributed by atoms with van der Waals surface area (Å²) >= 11 is 0. The number of halogens is 2. The molecule has 3 aromatic carbocycles. The molecule has 0 spiro atoms. The monoisotopic (exact) mass is 873 g/mol. The zero-order valence-electron chi connectivity index (χ0n) is 35.9. The number of ether oxygens (including phenoxy) is 1. The lowest BCUT2D eigenvalue weighted by molar-refractivity contribution is -0.136. The molecule has 2 N–H and O–H groups in total. The van der Waals surface area contributed by atoms with Crippen molar-refractivity contribution in [1.29, 1.82) is 0 Å². The van der Waals surface area contributed by atoms with Crippen molar-refractivity contribution in [3.8, 4) is 22.4 Å². The van der Waals surface area contributed by atoms with Crippen LogP contribution in [0.4, 0.5) is 14.5 Å². The number of carbonyl (C=O) groups is 4. The van der Waals surface area contributed by atoms with Crippen LogP contribution in [0.3, 0.4) is 0 Å². The number of anilines is 1. The minimum Gasteiger partial charge on any atom is -0.385 e. The summed E-state index contributed by atoms with van der Waals surface area (Å²) < 4.78 is 38.2. The molecule has 1 unspecified atom stereocenters. The zero-order chi connectivity index (χ0) is 44.2. The number of fused-ring (bicyclic) bond motifs is 2. The van der Waals surface area contributed by atoms with E-state index in [9.17, 15) is 19.2 Å². The van der Waals surface area contributed by atoms with Gasteiger partial charge >= 0.3 is 0 Å². The number of nitrogens with one attached hydrogen (secondary N) is 2. The Morgan fingerprint density at radius 3 is 2.30 bits per heavy atom. The maximum atomic E-state index is 15.4. The highest BCUT2D eigenvalue weighted by Gasteiger charge is 2.44. The molecule has 64 heavy (non-hydrogen) atoms. The maximum Gasteiger partial charge on any atom is 0.262 e. The first-order chi connectivity index (χ1) is 31.2. The second-order valence-corrected chi connectivity index (χ2v) is 17.3. The van der Waals surface area contributed by atoms with E-state index >= 15 is 8.78 Å². The standard InChI is InChI=1S/C48H53F2N9O5/c49-39-24-31(25-40(50)38(39)30-57-20-22-64-23-21-57)35-8-7-9-41-45(35)54-42(28-52-41)32-27-53-58(29-32)34-14-18-56(19-15-34)17-6-4-2-1-3-5-16-51-33-10-11-36-37(26-33)48(63)59(47(36)62)43-12-13-44(60)55-46(43)61/h7-11,24-29,34,43,51H,1-6,12-23,30H2,(H,55,60,61).